The van der Waals surface area contributed by atoms with E-state index in [0.717, 1.165) is 25.9 Å². The lowest BCUT2D eigenvalue weighted by Crippen LogP contribution is -2.02. The van der Waals surface area contributed by atoms with Crippen molar-refractivity contribution in [2.75, 3.05) is 19.5 Å². The van der Waals surface area contributed by atoms with Crippen molar-refractivity contribution in [3.63, 3.8) is 0 Å². The minimum atomic E-state index is 0.0654. The van der Waals surface area contributed by atoms with Crippen molar-refractivity contribution in [2.45, 2.75) is 21.4 Å². The Hall–Kier alpha value is -2.03. The van der Waals surface area contributed by atoms with Crippen molar-refractivity contribution >= 4 is 40.6 Å². The third kappa shape index (κ3) is 5.98. The Labute approximate surface area is 176 Å². The molecule has 0 radical (unpaired) electrons. The lowest BCUT2D eigenvalue weighted by molar-refractivity contribution is 0.102. The summed E-state index contributed by atoms with van der Waals surface area (Å²) in [6.45, 7) is 2.54. The van der Waals surface area contributed by atoms with Gasteiger partial charge in [-0.05, 0) is 48.9 Å². The smallest absolute Gasteiger partial charge is 0.175 e. The highest BCUT2D eigenvalue weighted by Crippen LogP contribution is 2.31. The molecule has 3 rings (SSSR count). The average Bonchev–Trinajstić information content (AvgIpc) is 3.19. The molecule has 1 heterocycles. The topological polar surface area (TPSA) is 61.3 Å². The molecule has 0 aliphatic rings. The molecule has 146 valence electrons. The summed E-state index contributed by atoms with van der Waals surface area (Å²) < 4.78 is 12.3. The lowest BCUT2D eigenvalue weighted by Gasteiger charge is -2.03. The van der Waals surface area contributed by atoms with Crippen LogP contribution in [0.1, 0.15) is 22.8 Å². The van der Waals surface area contributed by atoms with Crippen LogP contribution in [0.4, 0.5) is 0 Å². The van der Waals surface area contributed by atoms with E-state index in [1.807, 2.05) is 43.3 Å². The van der Waals surface area contributed by atoms with Crippen LogP contribution in [-0.4, -0.2) is 35.5 Å². The Bertz CT molecular complexity index is 896. The van der Waals surface area contributed by atoms with Crippen molar-refractivity contribution < 1.29 is 14.3 Å². The fraction of sp³-hybridized carbons (Fsp3) is 0.250. The van der Waals surface area contributed by atoms with Crippen LogP contribution in [0.5, 0.6) is 11.5 Å². The average molecular weight is 433 g/mol. The molecular formula is C20H20N2O3S3. The van der Waals surface area contributed by atoms with Gasteiger partial charge < -0.3 is 9.47 Å². The van der Waals surface area contributed by atoms with Crippen LogP contribution in [0.25, 0.3) is 0 Å². The second-order valence-corrected chi connectivity index (χ2v) is 9.06. The molecule has 0 aliphatic carbocycles. The number of benzene rings is 2. The number of hydrogen-bond donors (Lipinski definition) is 0. The fourth-order valence-corrected chi connectivity index (χ4v) is 5.17. The second kappa shape index (κ2) is 10.5. The van der Waals surface area contributed by atoms with Crippen molar-refractivity contribution in [3.05, 3.63) is 59.7 Å². The van der Waals surface area contributed by atoms with E-state index in [1.54, 1.807) is 31.0 Å². The Kier molecular flexibility index (Phi) is 7.76. The number of methoxy groups -OCH3 is 1. The van der Waals surface area contributed by atoms with Gasteiger partial charge in [-0.15, -0.1) is 10.2 Å². The van der Waals surface area contributed by atoms with E-state index in [2.05, 4.69) is 10.2 Å². The van der Waals surface area contributed by atoms with E-state index in [-0.39, 0.29) is 5.78 Å². The molecule has 0 fully saturated rings. The number of carbonyl (C=O) groups excluding carboxylic acids is 1. The third-order valence-corrected chi connectivity index (χ3v) is 6.98. The first-order valence-corrected chi connectivity index (χ1v) is 11.4. The predicted molar refractivity (Wildman–Crippen MR) is 115 cm³/mol. The third-order valence-electron chi connectivity index (χ3n) is 3.72. The zero-order valence-electron chi connectivity index (χ0n) is 15.6. The van der Waals surface area contributed by atoms with E-state index < -0.39 is 0 Å². The van der Waals surface area contributed by atoms with E-state index >= 15 is 0 Å². The van der Waals surface area contributed by atoms with Gasteiger partial charge in [-0.2, -0.15) is 0 Å². The van der Waals surface area contributed by atoms with E-state index in [4.69, 9.17) is 9.47 Å². The first-order valence-electron chi connectivity index (χ1n) is 8.66. The molecule has 0 N–H and O–H groups in total. The second-order valence-electron chi connectivity index (χ2n) is 5.64. The van der Waals surface area contributed by atoms with Crippen LogP contribution in [0, 0.1) is 0 Å². The molecule has 28 heavy (non-hydrogen) atoms. The monoisotopic (exact) mass is 432 g/mol. The summed E-state index contributed by atoms with van der Waals surface area (Å²) in [5.41, 5.74) is 1.87. The quantitative estimate of drug-likeness (QED) is 0.322. The Morgan fingerprint density at radius 3 is 2.25 bits per heavy atom. The Morgan fingerprint density at radius 2 is 1.61 bits per heavy atom. The van der Waals surface area contributed by atoms with Gasteiger partial charge in [-0.3, -0.25) is 4.79 Å². The first kappa shape index (κ1) is 20.7. The maximum absolute atomic E-state index is 12.3. The summed E-state index contributed by atoms with van der Waals surface area (Å²) in [6, 6.07) is 15.2. The molecule has 0 saturated heterocycles. The number of carbonyl (C=O) groups is 1. The van der Waals surface area contributed by atoms with Crippen molar-refractivity contribution in [2.24, 2.45) is 0 Å². The van der Waals surface area contributed by atoms with E-state index in [9.17, 15) is 4.79 Å². The van der Waals surface area contributed by atoms with Gasteiger partial charge in [0.2, 0.25) is 0 Å². The number of rotatable bonds is 10. The number of Topliss-reactive ketones (excluding diaryl/α,β-unsaturated/α-hetero) is 1. The van der Waals surface area contributed by atoms with Gasteiger partial charge in [0.05, 0.1) is 19.5 Å². The van der Waals surface area contributed by atoms with Crippen molar-refractivity contribution in [1.82, 2.24) is 10.2 Å². The molecule has 1 aromatic heterocycles. The molecule has 2 aromatic carbocycles. The van der Waals surface area contributed by atoms with Gasteiger partial charge in [0, 0.05) is 11.3 Å². The van der Waals surface area contributed by atoms with Crippen molar-refractivity contribution in [1.29, 1.82) is 0 Å². The zero-order chi connectivity index (χ0) is 19.8. The van der Waals surface area contributed by atoms with E-state index in [0.29, 0.717) is 17.9 Å². The minimum Gasteiger partial charge on any atom is -0.497 e. The van der Waals surface area contributed by atoms with Gasteiger partial charge in [-0.1, -0.05) is 47.0 Å². The summed E-state index contributed by atoms with van der Waals surface area (Å²) in [4.78, 5) is 12.3. The molecule has 5 nitrogen and oxygen atoms in total. The largest absolute Gasteiger partial charge is 0.497 e. The van der Waals surface area contributed by atoms with Crippen molar-refractivity contribution in [3.8, 4) is 11.5 Å². The Morgan fingerprint density at radius 1 is 0.964 bits per heavy atom. The normalized spacial score (nSPS) is 10.6. The predicted octanol–water partition coefficient (Wildman–Crippen LogP) is 5.21. The maximum Gasteiger partial charge on any atom is 0.175 e. The van der Waals surface area contributed by atoms with Crippen LogP contribution in [0.2, 0.25) is 0 Å². The van der Waals surface area contributed by atoms with Gasteiger partial charge in [0.25, 0.3) is 0 Å². The van der Waals surface area contributed by atoms with Crippen LogP contribution in [0.15, 0.2) is 57.2 Å². The zero-order valence-corrected chi connectivity index (χ0v) is 18.0. The molecule has 3 aromatic rings. The maximum atomic E-state index is 12.3. The molecule has 0 unspecified atom stereocenters. The summed E-state index contributed by atoms with van der Waals surface area (Å²) in [5, 5.41) is 8.38. The number of aromatic nitrogens is 2. The highest BCUT2D eigenvalue weighted by atomic mass is 32.2. The molecule has 0 amide bonds. The van der Waals surface area contributed by atoms with Crippen LogP contribution in [0.3, 0.4) is 0 Å². The van der Waals surface area contributed by atoms with Crippen LogP contribution >= 0.6 is 34.9 Å². The number of hydrogen-bond acceptors (Lipinski definition) is 8. The molecule has 0 saturated carbocycles. The number of ketones is 1. The summed E-state index contributed by atoms with van der Waals surface area (Å²) in [6.07, 6.45) is 0. The summed E-state index contributed by atoms with van der Waals surface area (Å²) in [5.74, 6) is 2.84. The molecule has 0 spiro atoms. The SMILES string of the molecule is CCOc1ccc(C(=O)CSc2nnc(SCc3ccc(OC)cc3)s2)cc1. The Balaban J connectivity index is 1.47. The molecule has 0 bridgehead atoms. The van der Waals surface area contributed by atoms with Gasteiger partial charge in [-0.25, -0.2) is 0 Å². The molecule has 0 aliphatic heterocycles. The number of ether oxygens (including phenoxy) is 2. The van der Waals surface area contributed by atoms with Gasteiger partial charge >= 0.3 is 0 Å². The molecule has 8 heteroatoms. The molecule has 0 atom stereocenters. The van der Waals surface area contributed by atoms with Gasteiger partial charge in [0.15, 0.2) is 14.5 Å². The molecular weight excluding hydrogens is 412 g/mol. The highest BCUT2D eigenvalue weighted by molar-refractivity contribution is 8.03. The van der Waals surface area contributed by atoms with Crippen LogP contribution in [-0.2, 0) is 5.75 Å². The number of thioether (sulfide) groups is 2. The van der Waals surface area contributed by atoms with E-state index in [1.165, 1.54) is 28.7 Å². The lowest BCUT2D eigenvalue weighted by atomic mass is 10.1. The standard InChI is InChI=1S/C20H20N2O3S3/c1-3-25-17-10-6-15(7-11-17)18(23)13-27-20-22-21-19(28-20)26-12-14-4-8-16(24-2)9-5-14/h4-11H,3,12-13H2,1-2H3. The number of nitrogens with zero attached hydrogens (tertiary/aromatic N) is 2. The fourth-order valence-electron chi connectivity index (χ4n) is 2.29. The minimum absolute atomic E-state index is 0.0654. The van der Waals surface area contributed by atoms with Crippen LogP contribution < -0.4 is 9.47 Å². The van der Waals surface area contributed by atoms with Gasteiger partial charge in [0.1, 0.15) is 11.5 Å². The highest BCUT2D eigenvalue weighted by Gasteiger charge is 2.11. The summed E-state index contributed by atoms with van der Waals surface area (Å²) in [7, 11) is 1.66. The summed E-state index contributed by atoms with van der Waals surface area (Å²) >= 11 is 4.57. The first-order chi connectivity index (χ1) is 13.7.